The van der Waals surface area contributed by atoms with Crippen LogP contribution in [0.2, 0.25) is 0 Å². The average Bonchev–Trinajstić information content (AvgIpc) is 3.74. The summed E-state index contributed by atoms with van der Waals surface area (Å²) < 4.78 is 0. The molecule has 47 heavy (non-hydrogen) atoms. The van der Waals surface area contributed by atoms with Crippen molar-refractivity contribution >= 4 is 41.5 Å². The van der Waals surface area contributed by atoms with E-state index in [1.165, 1.54) is 0 Å². The van der Waals surface area contributed by atoms with E-state index in [4.69, 9.17) is 10.2 Å². The minimum atomic E-state index is -1.50. The quantitative estimate of drug-likeness (QED) is 0.0902. The van der Waals surface area contributed by atoms with Crippen LogP contribution in [-0.4, -0.2) is 97.3 Å². The van der Waals surface area contributed by atoms with Crippen LogP contribution in [0.4, 0.5) is 0 Å². The van der Waals surface area contributed by atoms with Crippen molar-refractivity contribution in [3.8, 4) is 0 Å². The van der Waals surface area contributed by atoms with Crippen LogP contribution in [0.1, 0.15) is 85.0 Å². The van der Waals surface area contributed by atoms with E-state index in [0.29, 0.717) is 18.4 Å². The molecular weight excluding hydrogens is 618 g/mol. The molecule has 1 spiro atoms. The first kappa shape index (κ1) is 37.1. The van der Waals surface area contributed by atoms with Crippen molar-refractivity contribution in [1.29, 1.82) is 0 Å². The van der Waals surface area contributed by atoms with Gasteiger partial charge in [-0.2, -0.15) is 0 Å². The number of ketones is 1. The summed E-state index contributed by atoms with van der Waals surface area (Å²) in [6, 6.07) is -4.09. The Morgan fingerprint density at radius 2 is 1.30 bits per heavy atom. The van der Waals surface area contributed by atoms with E-state index in [9.17, 15) is 48.9 Å². The minimum Gasteiger partial charge on any atom is -0.481 e. The van der Waals surface area contributed by atoms with Gasteiger partial charge in [0.15, 0.2) is 5.78 Å². The zero-order chi connectivity index (χ0) is 35.3. The van der Waals surface area contributed by atoms with Crippen molar-refractivity contribution in [3.05, 3.63) is 33.9 Å². The molecule has 0 saturated heterocycles. The number of aliphatic carboxylic acids is 4. The first-order chi connectivity index (χ1) is 21.9. The van der Waals surface area contributed by atoms with Gasteiger partial charge in [0.25, 0.3) is 0 Å². The predicted molar refractivity (Wildman–Crippen MR) is 164 cm³/mol. The molecule has 0 radical (unpaired) electrons. The van der Waals surface area contributed by atoms with E-state index in [0.717, 1.165) is 35.1 Å². The lowest BCUT2D eigenvalue weighted by Gasteiger charge is -2.39. The second-order valence-electron chi connectivity index (χ2n) is 12.6. The Morgan fingerprint density at radius 3 is 1.77 bits per heavy atom. The zero-order valence-corrected chi connectivity index (χ0v) is 26.7. The summed E-state index contributed by atoms with van der Waals surface area (Å²) in [6.45, 7) is 5.73. The Morgan fingerprint density at radius 1 is 0.809 bits per heavy atom. The predicted octanol–water partition coefficient (Wildman–Crippen LogP) is 1.06. The third-order valence-electron chi connectivity index (χ3n) is 9.40. The number of fused-ring (bicyclic) bond motifs is 1. The number of Topliss-reactive ketones (excluding diaryl/α,β-unsaturated/α-hetero) is 1. The van der Waals surface area contributed by atoms with Crippen LogP contribution in [0.25, 0.3) is 0 Å². The Kier molecular flexibility index (Phi) is 11.9. The first-order valence-electron chi connectivity index (χ1n) is 15.6. The van der Waals surface area contributed by atoms with Gasteiger partial charge in [0, 0.05) is 30.3 Å². The van der Waals surface area contributed by atoms with E-state index in [1.807, 2.05) is 13.8 Å². The third-order valence-corrected chi connectivity index (χ3v) is 9.40. The fourth-order valence-corrected chi connectivity index (χ4v) is 6.46. The van der Waals surface area contributed by atoms with Crippen LogP contribution < -0.4 is 16.0 Å². The normalized spacial score (nSPS) is 21.4. The highest BCUT2D eigenvalue weighted by molar-refractivity contribution is 6.10. The highest BCUT2D eigenvalue weighted by Gasteiger charge is 2.65. The summed E-state index contributed by atoms with van der Waals surface area (Å²) in [5, 5.41) is 55.3. The maximum atomic E-state index is 13.1. The van der Waals surface area contributed by atoms with E-state index < -0.39 is 77.7 Å². The Labute approximate surface area is 271 Å². The summed E-state index contributed by atoms with van der Waals surface area (Å²) in [5.74, 6) is -7.22. The number of carbonyl (C=O) groups is 7. The van der Waals surface area contributed by atoms with Crippen LogP contribution >= 0.6 is 0 Å². The largest absolute Gasteiger partial charge is 0.481 e. The number of rotatable bonds is 19. The molecule has 1 fully saturated rings. The Hall–Kier alpha value is -4.37. The molecule has 2 amide bonds. The molecule has 15 heteroatoms. The van der Waals surface area contributed by atoms with E-state index in [1.54, 1.807) is 13.0 Å². The monoisotopic (exact) mass is 661 g/mol. The molecule has 0 aromatic carbocycles. The fraction of sp³-hybridized carbons (Fsp3) is 0.594. The first-order valence-corrected chi connectivity index (χ1v) is 15.6. The standard InChI is InChI=1S/C32H43N3O12/c1-16-15-19-26(17(2)32(12-13-32)31(3,47)27(19)40)18(16)5-4-14-33-20(28(41)42)6-9-23(36)34-21(29(43)44)7-10-24(37)35-22(30(45)46)8-11-25(38)39/h15,20-22,33,47H,4-14H2,1-3H3,(H,34,36)(H,35,37)(H,38,39)(H,41,42)(H,43,44)(H,45,46)/t20?,21?,22?,31-/m0/s1. The number of aliphatic hydroxyl groups is 1. The highest BCUT2D eigenvalue weighted by atomic mass is 16.4. The summed E-state index contributed by atoms with van der Waals surface area (Å²) in [5.41, 5.74) is 2.33. The SMILES string of the molecule is CC1=C(CCCNC(CCC(=O)NC(CCC(=O)NC(CCC(=O)O)C(=O)O)C(=O)O)C(=O)O)C2=C(C)C3(CC3)[C@@](C)(O)C(=O)C2=C1. The van der Waals surface area contributed by atoms with Crippen LogP contribution in [0, 0.1) is 5.41 Å². The number of carbonyl (C=O) groups excluding carboxylic acids is 3. The Balaban J connectivity index is 1.47. The summed E-state index contributed by atoms with van der Waals surface area (Å²) in [4.78, 5) is 83.2. The smallest absolute Gasteiger partial charge is 0.326 e. The average molecular weight is 662 g/mol. The number of hydrogen-bond acceptors (Lipinski definition) is 9. The van der Waals surface area contributed by atoms with Gasteiger partial charge in [-0.1, -0.05) is 5.57 Å². The van der Waals surface area contributed by atoms with Gasteiger partial charge < -0.3 is 41.5 Å². The lowest BCUT2D eigenvalue weighted by Crippen LogP contribution is -2.49. The van der Waals surface area contributed by atoms with Gasteiger partial charge in [-0.25, -0.2) is 9.59 Å². The van der Waals surface area contributed by atoms with Crippen molar-refractivity contribution in [2.24, 2.45) is 5.41 Å². The van der Waals surface area contributed by atoms with Crippen LogP contribution in [0.3, 0.4) is 0 Å². The summed E-state index contributed by atoms with van der Waals surface area (Å²) >= 11 is 0. The molecule has 3 aliphatic carbocycles. The molecular formula is C32H43N3O12. The number of amides is 2. The lowest BCUT2D eigenvalue weighted by atomic mass is 9.67. The fourth-order valence-electron chi connectivity index (χ4n) is 6.46. The van der Waals surface area contributed by atoms with Crippen molar-refractivity contribution in [3.63, 3.8) is 0 Å². The van der Waals surface area contributed by atoms with E-state index in [2.05, 4.69) is 16.0 Å². The molecule has 0 aromatic rings. The number of carboxylic acids is 4. The van der Waals surface area contributed by atoms with Gasteiger partial charge in [0.2, 0.25) is 11.8 Å². The van der Waals surface area contributed by atoms with Crippen molar-refractivity contribution in [2.75, 3.05) is 6.54 Å². The molecule has 4 atom stereocenters. The second-order valence-corrected chi connectivity index (χ2v) is 12.6. The molecule has 0 bridgehead atoms. The van der Waals surface area contributed by atoms with Crippen LogP contribution in [-0.2, 0) is 33.6 Å². The third kappa shape index (κ3) is 8.51. The molecule has 3 rings (SSSR count). The summed E-state index contributed by atoms with van der Waals surface area (Å²) in [6.07, 6.45) is 2.17. The molecule has 8 N–H and O–H groups in total. The highest BCUT2D eigenvalue weighted by Crippen LogP contribution is 2.65. The molecule has 1 saturated carbocycles. The van der Waals surface area contributed by atoms with Gasteiger partial charge in [-0.3, -0.25) is 24.0 Å². The van der Waals surface area contributed by atoms with Gasteiger partial charge in [0.05, 0.1) is 0 Å². The topological polar surface area (TPSA) is 257 Å². The Bertz CT molecular complexity index is 1440. The van der Waals surface area contributed by atoms with Crippen molar-refractivity contribution in [2.45, 2.75) is 109 Å². The summed E-state index contributed by atoms with van der Waals surface area (Å²) in [7, 11) is 0. The molecule has 0 heterocycles. The molecule has 0 aliphatic heterocycles. The van der Waals surface area contributed by atoms with E-state index in [-0.39, 0.29) is 38.0 Å². The number of hydrogen-bond donors (Lipinski definition) is 8. The van der Waals surface area contributed by atoms with Crippen molar-refractivity contribution < 1.29 is 59.1 Å². The molecule has 15 nitrogen and oxygen atoms in total. The lowest BCUT2D eigenvalue weighted by molar-refractivity contribution is -0.144. The number of allylic oxidation sites excluding steroid dienone is 4. The van der Waals surface area contributed by atoms with Crippen molar-refractivity contribution in [1.82, 2.24) is 16.0 Å². The van der Waals surface area contributed by atoms with Crippen LogP contribution in [0.5, 0.6) is 0 Å². The zero-order valence-electron chi connectivity index (χ0n) is 26.7. The van der Waals surface area contributed by atoms with Gasteiger partial charge >= 0.3 is 23.9 Å². The van der Waals surface area contributed by atoms with Gasteiger partial charge in [-0.15, -0.1) is 0 Å². The molecule has 0 aromatic heterocycles. The molecule has 3 unspecified atom stereocenters. The minimum absolute atomic E-state index is 0.151. The maximum Gasteiger partial charge on any atom is 0.326 e. The number of nitrogens with one attached hydrogen (secondary N) is 3. The molecule has 258 valence electrons. The van der Waals surface area contributed by atoms with Crippen LogP contribution in [0.15, 0.2) is 33.9 Å². The molecule has 3 aliphatic rings. The van der Waals surface area contributed by atoms with Gasteiger partial charge in [-0.05, 0) is 95.1 Å². The number of carboxylic acid groups (broad SMARTS) is 4. The second kappa shape index (κ2) is 15.0. The van der Waals surface area contributed by atoms with E-state index >= 15 is 0 Å². The van der Waals surface area contributed by atoms with Gasteiger partial charge in [0.1, 0.15) is 23.7 Å². The maximum absolute atomic E-state index is 13.1.